The van der Waals surface area contributed by atoms with Crippen LogP contribution < -0.4 is 10.6 Å². The number of benzene rings is 1. The fraction of sp³-hybridized carbons (Fsp3) is 0.417. The molecule has 1 aliphatic carbocycles. The minimum atomic E-state index is -0.147. The van der Waals surface area contributed by atoms with Gasteiger partial charge in [0.05, 0.1) is 6.54 Å². The topological polar surface area (TPSA) is 81.6 Å². The Morgan fingerprint density at radius 2 is 2.12 bits per heavy atom. The largest absolute Gasteiger partial charge is 0.504 e. The molecule has 0 radical (unpaired) electrons. The van der Waals surface area contributed by atoms with Gasteiger partial charge in [0.1, 0.15) is 0 Å². The Kier molecular flexibility index (Phi) is 3.49. The maximum atomic E-state index is 11.4. The molecule has 5 heteroatoms. The molecule has 1 aromatic rings. The molecule has 0 unspecified atom stereocenters. The van der Waals surface area contributed by atoms with Crippen molar-refractivity contribution in [2.75, 3.05) is 6.54 Å². The van der Waals surface area contributed by atoms with Gasteiger partial charge in [0.25, 0.3) is 0 Å². The van der Waals surface area contributed by atoms with Crippen LogP contribution in [0, 0.1) is 0 Å². The molecule has 0 heterocycles. The maximum Gasteiger partial charge on any atom is 0.234 e. The van der Waals surface area contributed by atoms with Gasteiger partial charge in [0, 0.05) is 18.2 Å². The molecule has 1 saturated carbocycles. The second kappa shape index (κ2) is 5.05. The van der Waals surface area contributed by atoms with Crippen LogP contribution in [0.5, 0.6) is 11.5 Å². The van der Waals surface area contributed by atoms with Crippen LogP contribution >= 0.6 is 0 Å². The summed E-state index contributed by atoms with van der Waals surface area (Å²) >= 11 is 0. The summed E-state index contributed by atoms with van der Waals surface area (Å²) in [7, 11) is 0. The van der Waals surface area contributed by atoms with Crippen LogP contribution in [0.4, 0.5) is 0 Å². The number of rotatable bonds is 5. The van der Waals surface area contributed by atoms with E-state index in [1.807, 2.05) is 0 Å². The zero-order chi connectivity index (χ0) is 12.3. The zero-order valence-electron chi connectivity index (χ0n) is 9.44. The van der Waals surface area contributed by atoms with E-state index in [1.54, 1.807) is 12.1 Å². The van der Waals surface area contributed by atoms with E-state index in [2.05, 4.69) is 10.6 Å². The van der Waals surface area contributed by atoms with Crippen LogP contribution in [-0.2, 0) is 11.3 Å². The van der Waals surface area contributed by atoms with Crippen molar-refractivity contribution < 1.29 is 15.0 Å². The first-order valence-corrected chi connectivity index (χ1v) is 5.66. The molecule has 0 bridgehead atoms. The Morgan fingerprint density at radius 1 is 1.35 bits per heavy atom. The molecule has 92 valence electrons. The quantitative estimate of drug-likeness (QED) is 0.560. The number of hydrogen-bond donors (Lipinski definition) is 4. The Labute approximate surface area is 99.5 Å². The number of phenolic OH excluding ortho intramolecular Hbond substituents is 2. The Hall–Kier alpha value is -1.75. The Bertz CT molecular complexity index is 416. The number of aromatic hydroxyl groups is 2. The summed E-state index contributed by atoms with van der Waals surface area (Å²) in [6.07, 6.45) is 2.14. The van der Waals surface area contributed by atoms with Gasteiger partial charge in [-0.25, -0.2) is 0 Å². The molecule has 1 fully saturated rings. The lowest BCUT2D eigenvalue weighted by Crippen LogP contribution is -2.34. The third-order valence-corrected chi connectivity index (χ3v) is 2.64. The first kappa shape index (κ1) is 11.7. The average molecular weight is 236 g/mol. The van der Waals surface area contributed by atoms with Gasteiger partial charge in [-0.1, -0.05) is 12.1 Å². The van der Waals surface area contributed by atoms with Gasteiger partial charge < -0.3 is 20.8 Å². The van der Waals surface area contributed by atoms with E-state index in [1.165, 1.54) is 6.07 Å². The van der Waals surface area contributed by atoms with E-state index in [0.717, 1.165) is 12.8 Å². The molecule has 0 atom stereocenters. The monoisotopic (exact) mass is 236 g/mol. The molecule has 1 aromatic carbocycles. The van der Waals surface area contributed by atoms with Gasteiger partial charge in [0.2, 0.25) is 5.91 Å². The van der Waals surface area contributed by atoms with Crippen molar-refractivity contribution in [1.82, 2.24) is 10.6 Å². The second-order valence-electron chi connectivity index (χ2n) is 4.23. The first-order chi connectivity index (χ1) is 8.16. The molecule has 0 aromatic heterocycles. The number of nitrogens with one attached hydrogen (secondary N) is 2. The van der Waals surface area contributed by atoms with Gasteiger partial charge in [0.15, 0.2) is 11.5 Å². The highest BCUT2D eigenvalue weighted by Gasteiger charge is 2.22. The number of carbonyl (C=O) groups is 1. The minimum absolute atomic E-state index is 0.0351. The molecular weight excluding hydrogens is 220 g/mol. The van der Waals surface area contributed by atoms with Crippen molar-refractivity contribution in [3.05, 3.63) is 23.8 Å². The third-order valence-electron chi connectivity index (χ3n) is 2.64. The molecule has 2 rings (SSSR count). The van der Waals surface area contributed by atoms with E-state index in [9.17, 15) is 15.0 Å². The lowest BCUT2D eigenvalue weighted by molar-refractivity contribution is -0.120. The molecule has 0 spiro atoms. The van der Waals surface area contributed by atoms with Crippen LogP contribution in [0.1, 0.15) is 18.4 Å². The van der Waals surface area contributed by atoms with Gasteiger partial charge >= 0.3 is 0 Å². The number of phenols is 2. The van der Waals surface area contributed by atoms with Crippen molar-refractivity contribution in [2.24, 2.45) is 0 Å². The summed E-state index contributed by atoms with van der Waals surface area (Å²) in [5.74, 6) is -0.318. The van der Waals surface area contributed by atoms with Crippen LogP contribution in [0.15, 0.2) is 18.2 Å². The van der Waals surface area contributed by atoms with Crippen molar-refractivity contribution in [3.8, 4) is 11.5 Å². The predicted octanol–water partition coefficient (Wildman–Crippen LogP) is 0.466. The maximum absolute atomic E-state index is 11.4. The molecule has 0 aliphatic heterocycles. The molecule has 1 amide bonds. The highest BCUT2D eigenvalue weighted by molar-refractivity contribution is 5.78. The van der Waals surface area contributed by atoms with Crippen LogP contribution in [-0.4, -0.2) is 28.7 Å². The van der Waals surface area contributed by atoms with E-state index in [-0.39, 0.29) is 24.0 Å². The minimum Gasteiger partial charge on any atom is -0.504 e. The summed E-state index contributed by atoms with van der Waals surface area (Å²) in [6, 6.07) is 5.12. The summed E-state index contributed by atoms with van der Waals surface area (Å²) in [5, 5.41) is 24.6. The van der Waals surface area contributed by atoms with Crippen molar-refractivity contribution >= 4 is 5.91 Å². The highest BCUT2D eigenvalue weighted by Crippen LogP contribution is 2.27. The van der Waals surface area contributed by atoms with E-state index >= 15 is 0 Å². The standard InChI is InChI=1S/C12H16N2O3/c15-10-3-1-2-8(12(10)17)6-13-7-11(16)14-9-4-5-9/h1-3,9,13,15,17H,4-7H2,(H,14,16). The summed E-state index contributed by atoms with van der Waals surface area (Å²) in [4.78, 5) is 11.4. The van der Waals surface area contributed by atoms with Crippen molar-refractivity contribution in [2.45, 2.75) is 25.4 Å². The van der Waals surface area contributed by atoms with E-state index in [0.29, 0.717) is 18.2 Å². The summed E-state index contributed by atoms with van der Waals surface area (Å²) in [6.45, 7) is 0.559. The van der Waals surface area contributed by atoms with Crippen LogP contribution in [0.2, 0.25) is 0 Å². The van der Waals surface area contributed by atoms with Crippen LogP contribution in [0.3, 0.4) is 0 Å². The van der Waals surface area contributed by atoms with Gasteiger partial charge in [-0.2, -0.15) is 0 Å². The lowest BCUT2D eigenvalue weighted by Gasteiger charge is -2.08. The normalized spacial score (nSPS) is 14.6. The molecule has 0 saturated heterocycles. The number of carbonyl (C=O) groups excluding carboxylic acids is 1. The molecule has 4 N–H and O–H groups in total. The van der Waals surface area contributed by atoms with Gasteiger partial charge in [-0.15, -0.1) is 0 Å². The third kappa shape index (κ3) is 3.35. The number of amides is 1. The molecule has 5 nitrogen and oxygen atoms in total. The lowest BCUT2D eigenvalue weighted by atomic mass is 10.2. The SMILES string of the molecule is O=C(CNCc1cccc(O)c1O)NC1CC1. The Morgan fingerprint density at radius 3 is 2.82 bits per heavy atom. The van der Waals surface area contributed by atoms with Crippen LogP contribution in [0.25, 0.3) is 0 Å². The predicted molar refractivity (Wildman–Crippen MR) is 62.6 cm³/mol. The highest BCUT2D eigenvalue weighted by atomic mass is 16.3. The summed E-state index contributed by atoms with van der Waals surface area (Å²) < 4.78 is 0. The number of hydrogen-bond acceptors (Lipinski definition) is 4. The fourth-order valence-electron chi connectivity index (χ4n) is 1.54. The molecule has 1 aliphatic rings. The Balaban J connectivity index is 1.77. The van der Waals surface area contributed by atoms with E-state index < -0.39 is 0 Å². The van der Waals surface area contributed by atoms with Crippen molar-refractivity contribution in [1.29, 1.82) is 0 Å². The second-order valence-corrected chi connectivity index (χ2v) is 4.23. The molecule has 17 heavy (non-hydrogen) atoms. The number of para-hydroxylation sites is 1. The van der Waals surface area contributed by atoms with E-state index in [4.69, 9.17) is 0 Å². The molecular formula is C12H16N2O3. The van der Waals surface area contributed by atoms with Gasteiger partial charge in [-0.3, -0.25) is 4.79 Å². The first-order valence-electron chi connectivity index (χ1n) is 5.66. The summed E-state index contributed by atoms with van der Waals surface area (Å²) in [5.41, 5.74) is 0.573. The van der Waals surface area contributed by atoms with Gasteiger partial charge in [-0.05, 0) is 18.9 Å². The average Bonchev–Trinajstić information content (AvgIpc) is 3.08. The fourth-order valence-corrected chi connectivity index (χ4v) is 1.54. The van der Waals surface area contributed by atoms with Crippen molar-refractivity contribution in [3.63, 3.8) is 0 Å². The smallest absolute Gasteiger partial charge is 0.234 e. The zero-order valence-corrected chi connectivity index (χ0v) is 9.44.